The Balaban J connectivity index is 1.86. The summed E-state index contributed by atoms with van der Waals surface area (Å²) < 4.78 is 0. The minimum atomic E-state index is -0.0722. The van der Waals surface area contributed by atoms with Gasteiger partial charge in [0.05, 0.1) is 0 Å². The second kappa shape index (κ2) is 7.35. The fourth-order valence-electron chi connectivity index (χ4n) is 5.13. The Morgan fingerprint density at radius 1 is 0.774 bits per heavy atom. The number of hydrogen-bond donors (Lipinski definition) is 1. The number of nitrogens with one attached hydrogen (secondary N) is 1. The van der Waals surface area contributed by atoms with E-state index >= 15 is 0 Å². The molecule has 0 spiro atoms. The summed E-state index contributed by atoms with van der Waals surface area (Å²) in [5.74, 6) is 0.112. The highest BCUT2D eigenvalue weighted by Gasteiger charge is 2.32. The van der Waals surface area contributed by atoms with Gasteiger partial charge in [0.25, 0.3) is 0 Å². The van der Waals surface area contributed by atoms with Gasteiger partial charge >= 0.3 is 0 Å². The van der Waals surface area contributed by atoms with E-state index < -0.39 is 0 Å². The van der Waals surface area contributed by atoms with Crippen molar-refractivity contribution >= 4 is 28.6 Å². The molecule has 0 radical (unpaired) electrons. The van der Waals surface area contributed by atoms with Crippen LogP contribution in [0, 0.1) is 5.41 Å². The average molecular weight is 402 g/mol. The smallest absolute Gasteiger partial charge is 0.0358 e. The predicted octanol–water partition coefficient (Wildman–Crippen LogP) is 7.82. The van der Waals surface area contributed by atoms with Crippen molar-refractivity contribution in [1.29, 1.82) is 5.41 Å². The van der Waals surface area contributed by atoms with Crippen molar-refractivity contribution in [3.8, 4) is 0 Å². The first-order chi connectivity index (χ1) is 15.0. The summed E-state index contributed by atoms with van der Waals surface area (Å²) in [6.07, 6.45) is 3.90. The molecule has 0 saturated heterocycles. The Hall–Kier alpha value is -3.45. The quantitative estimate of drug-likeness (QED) is 0.338. The van der Waals surface area contributed by atoms with E-state index in [0.29, 0.717) is 0 Å². The van der Waals surface area contributed by atoms with Crippen LogP contribution in [0.25, 0.3) is 22.4 Å². The molecule has 152 valence electrons. The summed E-state index contributed by atoms with van der Waals surface area (Å²) >= 11 is 0. The monoisotopic (exact) mass is 401 g/mol. The van der Waals surface area contributed by atoms with Crippen molar-refractivity contribution in [2.24, 2.45) is 0 Å². The highest BCUT2D eigenvalue weighted by atomic mass is 14.4. The summed E-state index contributed by atoms with van der Waals surface area (Å²) in [5, 5.41) is 10.9. The Kier molecular flexibility index (Phi) is 4.63. The normalized spacial score (nSPS) is 15.6. The van der Waals surface area contributed by atoms with E-state index in [0.717, 1.165) is 5.56 Å². The van der Waals surface area contributed by atoms with Gasteiger partial charge in [0.15, 0.2) is 0 Å². The van der Waals surface area contributed by atoms with E-state index in [9.17, 15) is 0 Å². The fourth-order valence-corrected chi connectivity index (χ4v) is 5.13. The van der Waals surface area contributed by atoms with E-state index in [1.54, 1.807) is 6.21 Å². The van der Waals surface area contributed by atoms with Gasteiger partial charge in [0.1, 0.15) is 0 Å². The lowest BCUT2D eigenvalue weighted by molar-refractivity contribution is 0.594. The van der Waals surface area contributed by atoms with Gasteiger partial charge in [0.2, 0.25) is 0 Å². The molecule has 5 rings (SSSR count). The molecule has 1 N–H and O–H groups in total. The van der Waals surface area contributed by atoms with Gasteiger partial charge < -0.3 is 5.41 Å². The maximum absolute atomic E-state index is 8.45. The van der Waals surface area contributed by atoms with Crippen molar-refractivity contribution in [2.45, 2.75) is 32.1 Å². The summed E-state index contributed by atoms with van der Waals surface area (Å²) in [6, 6.07) is 30.3. The highest BCUT2D eigenvalue weighted by molar-refractivity contribution is 6.01. The van der Waals surface area contributed by atoms with E-state index in [4.69, 9.17) is 5.41 Å². The zero-order valence-electron chi connectivity index (χ0n) is 18.3. The largest absolute Gasteiger partial charge is 0.308 e. The molecule has 31 heavy (non-hydrogen) atoms. The van der Waals surface area contributed by atoms with Gasteiger partial charge in [-0.05, 0) is 61.7 Å². The third-order valence-electron chi connectivity index (χ3n) is 6.36. The number of fused-ring (bicyclic) bond motifs is 2. The number of hydrogen-bond acceptors (Lipinski definition) is 1. The third-order valence-corrected chi connectivity index (χ3v) is 6.36. The van der Waals surface area contributed by atoms with E-state index in [1.807, 2.05) is 0 Å². The van der Waals surface area contributed by atoms with Gasteiger partial charge in [0, 0.05) is 17.7 Å². The summed E-state index contributed by atoms with van der Waals surface area (Å²) in [7, 11) is 0. The SMILES string of the molecule is CC(C)(C)c1c(C=N)c(C2C(c3ccccc3)=Cc3ccccc32)cc2ccccc12. The maximum atomic E-state index is 8.45. The molecule has 0 aromatic heterocycles. The number of rotatable bonds is 3. The van der Waals surface area contributed by atoms with Crippen LogP contribution in [-0.4, -0.2) is 6.21 Å². The summed E-state index contributed by atoms with van der Waals surface area (Å²) in [6.45, 7) is 6.76. The van der Waals surface area contributed by atoms with Crippen LogP contribution in [0.5, 0.6) is 0 Å². The lowest BCUT2D eigenvalue weighted by Crippen LogP contribution is -2.18. The number of allylic oxidation sites excluding steroid dienone is 1. The molecule has 4 aromatic carbocycles. The van der Waals surface area contributed by atoms with E-state index in [2.05, 4.69) is 112 Å². The van der Waals surface area contributed by atoms with Crippen LogP contribution < -0.4 is 0 Å². The van der Waals surface area contributed by atoms with Crippen molar-refractivity contribution in [3.05, 3.63) is 118 Å². The Bertz CT molecular complexity index is 1320. The zero-order valence-corrected chi connectivity index (χ0v) is 18.3. The molecule has 1 aliphatic carbocycles. The second-order valence-corrected chi connectivity index (χ2v) is 9.40. The standard InChI is InChI=1S/C30H27N/c1-30(2,3)29-24-16-10-8-14-22(24)18-26(27(29)19-31)28-23-15-9-7-13-21(23)17-25(28)20-11-5-4-6-12-20/h4-19,28,31H,1-3H3. The first-order valence-electron chi connectivity index (χ1n) is 10.9. The van der Waals surface area contributed by atoms with Crippen LogP contribution in [0.2, 0.25) is 0 Å². The fraction of sp³-hybridized carbons (Fsp3) is 0.167. The van der Waals surface area contributed by atoms with E-state index in [-0.39, 0.29) is 11.3 Å². The topological polar surface area (TPSA) is 23.9 Å². The molecule has 4 aromatic rings. The minimum Gasteiger partial charge on any atom is -0.308 e. The zero-order chi connectivity index (χ0) is 21.6. The van der Waals surface area contributed by atoms with Crippen LogP contribution in [0.4, 0.5) is 0 Å². The molecule has 0 aliphatic heterocycles. The predicted molar refractivity (Wildman–Crippen MR) is 133 cm³/mol. The van der Waals surface area contributed by atoms with Crippen LogP contribution in [0.15, 0.2) is 84.9 Å². The molecule has 1 heteroatoms. The van der Waals surface area contributed by atoms with Gasteiger partial charge in [-0.25, -0.2) is 0 Å². The molecule has 0 amide bonds. The van der Waals surface area contributed by atoms with Crippen LogP contribution >= 0.6 is 0 Å². The maximum Gasteiger partial charge on any atom is 0.0358 e. The van der Waals surface area contributed by atoms with Gasteiger partial charge in [-0.2, -0.15) is 0 Å². The molecule has 1 aliphatic rings. The molecule has 1 atom stereocenters. The highest BCUT2D eigenvalue weighted by Crippen LogP contribution is 2.48. The lowest BCUT2D eigenvalue weighted by Gasteiger charge is -2.29. The van der Waals surface area contributed by atoms with Crippen molar-refractivity contribution in [1.82, 2.24) is 0 Å². The van der Waals surface area contributed by atoms with Crippen LogP contribution in [-0.2, 0) is 5.41 Å². The summed E-state index contributed by atoms with van der Waals surface area (Å²) in [4.78, 5) is 0. The Morgan fingerprint density at radius 3 is 2.19 bits per heavy atom. The molecule has 0 saturated carbocycles. The van der Waals surface area contributed by atoms with Crippen molar-refractivity contribution in [2.75, 3.05) is 0 Å². The van der Waals surface area contributed by atoms with Crippen molar-refractivity contribution in [3.63, 3.8) is 0 Å². The Morgan fingerprint density at radius 2 is 1.45 bits per heavy atom. The van der Waals surface area contributed by atoms with Gasteiger partial charge in [-0.3, -0.25) is 0 Å². The molecular formula is C30H27N. The van der Waals surface area contributed by atoms with Gasteiger partial charge in [-0.1, -0.05) is 99.6 Å². The Labute approximate surface area is 184 Å². The molecule has 0 bridgehead atoms. The van der Waals surface area contributed by atoms with Crippen LogP contribution in [0.1, 0.15) is 60.1 Å². The van der Waals surface area contributed by atoms with Crippen LogP contribution in [0.3, 0.4) is 0 Å². The average Bonchev–Trinajstić information content (AvgIpc) is 3.17. The third kappa shape index (κ3) is 3.21. The number of benzene rings is 4. The molecule has 0 fully saturated rings. The van der Waals surface area contributed by atoms with Gasteiger partial charge in [-0.15, -0.1) is 0 Å². The first kappa shape index (κ1) is 19.5. The second-order valence-electron chi connectivity index (χ2n) is 9.40. The minimum absolute atomic E-state index is 0.0722. The lowest BCUT2D eigenvalue weighted by atomic mass is 9.75. The molecular weight excluding hydrogens is 374 g/mol. The first-order valence-corrected chi connectivity index (χ1v) is 10.9. The van der Waals surface area contributed by atoms with Crippen molar-refractivity contribution < 1.29 is 0 Å². The molecule has 0 heterocycles. The van der Waals surface area contributed by atoms with E-state index in [1.165, 1.54) is 44.2 Å². The molecule has 1 nitrogen and oxygen atoms in total. The summed E-state index contributed by atoms with van der Waals surface area (Å²) in [5.41, 5.74) is 8.59. The molecule has 1 unspecified atom stereocenters.